The van der Waals surface area contributed by atoms with Gasteiger partial charge in [-0.15, -0.1) is 0 Å². The summed E-state index contributed by atoms with van der Waals surface area (Å²) in [6.45, 7) is 0.813. The molecule has 1 aliphatic heterocycles. The van der Waals surface area contributed by atoms with Crippen molar-refractivity contribution in [1.29, 1.82) is 0 Å². The van der Waals surface area contributed by atoms with Crippen molar-refractivity contribution in [3.05, 3.63) is 29.6 Å². The Kier molecular flexibility index (Phi) is 3.66. The molecule has 17 heavy (non-hydrogen) atoms. The van der Waals surface area contributed by atoms with Crippen LogP contribution in [0.2, 0.25) is 0 Å². The Bertz CT molecular complexity index is 444. The van der Waals surface area contributed by atoms with Gasteiger partial charge in [-0.1, -0.05) is 0 Å². The topological polar surface area (TPSA) is 26.0 Å². The Labute approximate surface area is 97.6 Å². The standard InChI is InChI=1S/C12H13F3N2/c13-8-5-6-9(12(15)11(8)14)17-10-4-2-1-3-7-16-10/h5-6H,1-4,7H2,(H,16,17)/p+1. The third kappa shape index (κ3) is 2.78. The molecule has 1 aromatic rings. The van der Waals surface area contributed by atoms with E-state index in [0.29, 0.717) is 0 Å². The Morgan fingerprint density at radius 1 is 1.00 bits per heavy atom. The number of nitrogens with one attached hydrogen (secondary N) is 2. The zero-order valence-corrected chi connectivity index (χ0v) is 9.32. The van der Waals surface area contributed by atoms with Crippen molar-refractivity contribution in [2.45, 2.75) is 25.7 Å². The molecule has 5 heteroatoms. The Morgan fingerprint density at radius 3 is 2.65 bits per heavy atom. The largest absolute Gasteiger partial charge is 0.278 e. The molecule has 0 saturated heterocycles. The number of rotatable bonds is 1. The molecule has 1 aromatic carbocycles. The van der Waals surface area contributed by atoms with Crippen molar-refractivity contribution >= 4 is 11.5 Å². The minimum Gasteiger partial charge on any atom is -0.278 e. The van der Waals surface area contributed by atoms with Gasteiger partial charge in [0.25, 0.3) is 0 Å². The molecule has 2 rings (SSSR count). The second-order valence-corrected chi connectivity index (χ2v) is 4.06. The molecule has 2 nitrogen and oxygen atoms in total. The summed E-state index contributed by atoms with van der Waals surface area (Å²) < 4.78 is 39.1. The molecule has 0 unspecified atom stereocenters. The van der Waals surface area contributed by atoms with Crippen LogP contribution in [0.1, 0.15) is 25.7 Å². The van der Waals surface area contributed by atoms with Crippen LogP contribution in [0.4, 0.5) is 18.9 Å². The zero-order valence-electron chi connectivity index (χ0n) is 9.32. The van der Waals surface area contributed by atoms with E-state index in [2.05, 4.69) is 10.3 Å². The minimum absolute atomic E-state index is 0.0340. The highest BCUT2D eigenvalue weighted by molar-refractivity contribution is 5.91. The Balaban J connectivity index is 2.18. The van der Waals surface area contributed by atoms with E-state index in [9.17, 15) is 13.2 Å². The van der Waals surface area contributed by atoms with Gasteiger partial charge in [0.2, 0.25) is 11.7 Å². The van der Waals surface area contributed by atoms with E-state index in [1.165, 1.54) is 6.07 Å². The number of amidine groups is 1. The predicted molar refractivity (Wildman–Crippen MR) is 59.2 cm³/mol. The van der Waals surface area contributed by atoms with E-state index in [4.69, 9.17) is 0 Å². The Hall–Kier alpha value is -1.52. The van der Waals surface area contributed by atoms with Crippen LogP contribution in [-0.4, -0.2) is 12.4 Å². The first-order valence-electron chi connectivity index (χ1n) is 5.68. The van der Waals surface area contributed by atoms with Gasteiger partial charge in [-0.25, -0.2) is 14.1 Å². The van der Waals surface area contributed by atoms with Crippen molar-refractivity contribution in [2.75, 3.05) is 11.9 Å². The molecule has 0 aromatic heterocycles. The van der Waals surface area contributed by atoms with Crippen molar-refractivity contribution in [2.24, 2.45) is 0 Å². The van der Waals surface area contributed by atoms with Gasteiger partial charge in [0.05, 0.1) is 6.54 Å². The van der Waals surface area contributed by atoms with E-state index in [-0.39, 0.29) is 5.69 Å². The average molecular weight is 243 g/mol. The molecule has 0 fully saturated rings. The first-order valence-corrected chi connectivity index (χ1v) is 5.68. The fourth-order valence-corrected chi connectivity index (χ4v) is 1.82. The van der Waals surface area contributed by atoms with Gasteiger partial charge in [-0.2, -0.15) is 4.39 Å². The number of hydrogen-bond donors (Lipinski definition) is 2. The first-order chi connectivity index (χ1) is 8.18. The van der Waals surface area contributed by atoms with Gasteiger partial charge in [-0.3, -0.25) is 4.99 Å². The van der Waals surface area contributed by atoms with Crippen LogP contribution in [-0.2, 0) is 0 Å². The van der Waals surface area contributed by atoms with Gasteiger partial charge >= 0.3 is 0 Å². The van der Waals surface area contributed by atoms with Gasteiger partial charge in [0, 0.05) is 6.42 Å². The monoisotopic (exact) mass is 243 g/mol. The van der Waals surface area contributed by atoms with E-state index >= 15 is 0 Å². The maximum atomic E-state index is 13.4. The lowest BCUT2D eigenvalue weighted by atomic mass is 10.2. The number of halogens is 3. The smallest absolute Gasteiger partial charge is 0.247 e. The van der Waals surface area contributed by atoms with Gasteiger partial charge < -0.3 is 0 Å². The van der Waals surface area contributed by atoms with Crippen molar-refractivity contribution in [3.63, 3.8) is 0 Å². The van der Waals surface area contributed by atoms with E-state index < -0.39 is 17.5 Å². The average Bonchev–Trinajstić information content (AvgIpc) is 2.59. The van der Waals surface area contributed by atoms with E-state index in [1.807, 2.05) is 0 Å². The number of anilines is 1. The third-order valence-electron chi connectivity index (χ3n) is 2.76. The summed E-state index contributed by atoms with van der Waals surface area (Å²) in [7, 11) is 0. The number of benzene rings is 1. The summed E-state index contributed by atoms with van der Waals surface area (Å²) in [6, 6.07) is 2.12. The van der Waals surface area contributed by atoms with Gasteiger partial charge in [-0.05, 0) is 31.4 Å². The lowest BCUT2D eigenvalue weighted by molar-refractivity contribution is -0.457. The fraction of sp³-hybridized carbons (Fsp3) is 0.417. The lowest BCUT2D eigenvalue weighted by Crippen LogP contribution is -2.74. The lowest BCUT2D eigenvalue weighted by Gasteiger charge is -2.03. The fourth-order valence-electron chi connectivity index (χ4n) is 1.82. The molecule has 1 heterocycles. The summed E-state index contributed by atoms with van der Waals surface area (Å²) in [5.74, 6) is -3.04. The summed E-state index contributed by atoms with van der Waals surface area (Å²) in [5.41, 5.74) is -0.0340. The normalized spacial score (nSPS) is 16.3. The van der Waals surface area contributed by atoms with Gasteiger partial charge in [0.1, 0.15) is 0 Å². The van der Waals surface area contributed by atoms with Crippen LogP contribution < -0.4 is 10.3 Å². The van der Waals surface area contributed by atoms with Crippen LogP contribution in [0, 0.1) is 17.5 Å². The van der Waals surface area contributed by atoms with Crippen molar-refractivity contribution in [1.82, 2.24) is 0 Å². The molecule has 0 atom stereocenters. The van der Waals surface area contributed by atoms with Crippen LogP contribution in [0.5, 0.6) is 0 Å². The SMILES string of the molecule is Fc1ccc(NC2=[NH+]CCCCC2)c(F)c1F. The molecule has 0 spiro atoms. The van der Waals surface area contributed by atoms with Crippen molar-refractivity contribution in [3.8, 4) is 0 Å². The molecular formula is C12H14F3N2+. The minimum atomic E-state index is -1.44. The zero-order chi connectivity index (χ0) is 12.3. The molecule has 0 bridgehead atoms. The highest BCUT2D eigenvalue weighted by atomic mass is 19.2. The molecule has 92 valence electrons. The molecule has 0 aliphatic carbocycles. The molecule has 1 aliphatic rings. The van der Waals surface area contributed by atoms with E-state index in [1.54, 1.807) is 0 Å². The third-order valence-corrected chi connectivity index (χ3v) is 2.76. The maximum absolute atomic E-state index is 13.4. The van der Waals surface area contributed by atoms with Crippen LogP contribution in [0.3, 0.4) is 0 Å². The molecule has 0 amide bonds. The highest BCUT2D eigenvalue weighted by Crippen LogP contribution is 2.19. The second-order valence-electron chi connectivity index (χ2n) is 4.06. The maximum Gasteiger partial charge on any atom is 0.247 e. The molecule has 0 radical (unpaired) electrons. The predicted octanol–water partition coefficient (Wildman–Crippen LogP) is 1.57. The number of hydrogen-bond acceptors (Lipinski definition) is 1. The first kappa shape index (κ1) is 12.0. The molecule has 2 N–H and O–H groups in total. The van der Waals surface area contributed by atoms with Crippen LogP contribution in [0.15, 0.2) is 12.1 Å². The summed E-state index contributed by atoms with van der Waals surface area (Å²) >= 11 is 0. The Morgan fingerprint density at radius 2 is 1.82 bits per heavy atom. The summed E-state index contributed by atoms with van der Waals surface area (Å²) in [5, 5.41) is 2.78. The van der Waals surface area contributed by atoms with E-state index in [0.717, 1.165) is 44.1 Å². The summed E-state index contributed by atoms with van der Waals surface area (Å²) in [6.07, 6.45) is 3.93. The van der Waals surface area contributed by atoms with Crippen molar-refractivity contribution < 1.29 is 18.2 Å². The quantitative estimate of drug-likeness (QED) is 0.719. The summed E-state index contributed by atoms with van der Waals surface area (Å²) in [4.78, 5) is 3.11. The second kappa shape index (κ2) is 5.21. The van der Waals surface area contributed by atoms with Crippen LogP contribution >= 0.6 is 0 Å². The molecular weight excluding hydrogens is 229 g/mol. The molecule has 0 saturated carbocycles. The van der Waals surface area contributed by atoms with Crippen LogP contribution in [0.25, 0.3) is 0 Å². The van der Waals surface area contributed by atoms with Gasteiger partial charge in [0.15, 0.2) is 17.3 Å². The highest BCUT2D eigenvalue weighted by Gasteiger charge is 2.19.